The van der Waals surface area contributed by atoms with Crippen LogP contribution in [0, 0.1) is 0 Å². The van der Waals surface area contributed by atoms with Gasteiger partial charge in [0.1, 0.15) is 6.04 Å². The summed E-state index contributed by atoms with van der Waals surface area (Å²) in [6, 6.07) is 6.54. The molecular formula is C13H20N4O2. The molecule has 0 spiro atoms. The second-order valence-electron chi connectivity index (χ2n) is 4.35. The van der Waals surface area contributed by atoms with Gasteiger partial charge in [-0.1, -0.05) is 12.1 Å². The van der Waals surface area contributed by atoms with Crippen LogP contribution >= 0.6 is 0 Å². The third kappa shape index (κ3) is 4.59. The maximum atomic E-state index is 11.6. The molecule has 0 aliphatic rings. The Kier molecular flexibility index (Phi) is 5.32. The Hall–Kier alpha value is -2.08. The molecule has 1 aromatic carbocycles. The van der Waals surface area contributed by atoms with E-state index in [-0.39, 0.29) is 6.04 Å². The number of carbonyl (C=O) groups excluding carboxylic acids is 2. The fourth-order valence-corrected chi connectivity index (χ4v) is 1.46. The van der Waals surface area contributed by atoms with Gasteiger partial charge in [0.25, 0.3) is 0 Å². The first-order chi connectivity index (χ1) is 8.93. The highest BCUT2D eigenvalue weighted by Gasteiger charge is 2.11. The molecule has 104 valence electrons. The fraction of sp³-hybridized carbons (Fsp3) is 0.385. The second-order valence-corrected chi connectivity index (χ2v) is 4.35. The molecule has 2 atom stereocenters. The molecule has 5 N–H and O–H groups in total. The molecule has 6 heteroatoms. The quantitative estimate of drug-likeness (QED) is 0.638. The summed E-state index contributed by atoms with van der Waals surface area (Å²) in [7, 11) is 1.88. The lowest BCUT2D eigenvalue weighted by Crippen LogP contribution is -2.44. The van der Waals surface area contributed by atoms with Gasteiger partial charge in [-0.25, -0.2) is 4.79 Å². The van der Waals surface area contributed by atoms with Gasteiger partial charge in [-0.15, -0.1) is 0 Å². The summed E-state index contributed by atoms with van der Waals surface area (Å²) in [4.78, 5) is 22.4. The lowest BCUT2D eigenvalue weighted by Gasteiger charge is -2.13. The molecule has 1 aromatic rings. The second kappa shape index (κ2) is 6.75. The van der Waals surface area contributed by atoms with Gasteiger partial charge in [-0.3, -0.25) is 4.79 Å². The number of hydrogen-bond acceptors (Lipinski definition) is 3. The van der Waals surface area contributed by atoms with E-state index in [0.29, 0.717) is 5.69 Å². The minimum absolute atomic E-state index is 0.248. The van der Waals surface area contributed by atoms with Gasteiger partial charge in [-0.05, 0) is 38.6 Å². The zero-order valence-electron chi connectivity index (χ0n) is 11.4. The first-order valence-corrected chi connectivity index (χ1v) is 6.08. The number of nitrogens with one attached hydrogen (secondary N) is 3. The lowest BCUT2D eigenvalue weighted by molar-refractivity contribution is -0.119. The molecule has 0 radical (unpaired) electrons. The number of primary amides is 1. The smallest absolute Gasteiger partial charge is 0.319 e. The maximum Gasteiger partial charge on any atom is 0.319 e. The van der Waals surface area contributed by atoms with E-state index in [1.54, 1.807) is 12.1 Å². The summed E-state index contributed by atoms with van der Waals surface area (Å²) in [5.41, 5.74) is 6.84. The zero-order chi connectivity index (χ0) is 14.4. The molecule has 0 saturated heterocycles. The van der Waals surface area contributed by atoms with Crippen LogP contribution in [-0.4, -0.2) is 25.0 Å². The molecule has 2 unspecified atom stereocenters. The molecule has 0 heterocycles. The minimum atomic E-state index is -0.705. The number of amides is 3. The molecule has 3 amide bonds. The van der Waals surface area contributed by atoms with Crippen LogP contribution in [0.15, 0.2) is 24.3 Å². The van der Waals surface area contributed by atoms with Gasteiger partial charge in [0.15, 0.2) is 0 Å². The Morgan fingerprint density at radius 3 is 2.21 bits per heavy atom. The van der Waals surface area contributed by atoms with Crippen LogP contribution in [0.3, 0.4) is 0 Å². The third-order valence-electron chi connectivity index (χ3n) is 2.88. The van der Waals surface area contributed by atoms with E-state index < -0.39 is 18.0 Å². The van der Waals surface area contributed by atoms with E-state index in [2.05, 4.69) is 16.0 Å². The van der Waals surface area contributed by atoms with E-state index in [1.807, 2.05) is 26.1 Å². The van der Waals surface area contributed by atoms with Gasteiger partial charge in [0.05, 0.1) is 0 Å². The van der Waals surface area contributed by atoms with Gasteiger partial charge in [0, 0.05) is 11.7 Å². The van der Waals surface area contributed by atoms with E-state index >= 15 is 0 Å². The summed E-state index contributed by atoms with van der Waals surface area (Å²) in [6.07, 6.45) is 0. The lowest BCUT2D eigenvalue weighted by atomic mass is 10.1. The number of anilines is 1. The average molecular weight is 264 g/mol. The Bertz CT molecular complexity index is 444. The van der Waals surface area contributed by atoms with Crippen molar-refractivity contribution in [3.63, 3.8) is 0 Å². The van der Waals surface area contributed by atoms with E-state index in [9.17, 15) is 9.59 Å². The normalized spacial score (nSPS) is 13.4. The first-order valence-electron chi connectivity index (χ1n) is 6.08. The minimum Gasteiger partial charge on any atom is -0.368 e. The average Bonchev–Trinajstić information content (AvgIpc) is 2.38. The molecule has 0 bridgehead atoms. The van der Waals surface area contributed by atoms with Crippen LogP contribution in [-0.2, 0) is 4.79 Å². The topological polar surface area (TPSA) is 96.2 Å². The van der Waals surface area contributed by atoms with Gasteiger partial charge >= 0.3 is 6.03 Å². The van der Waals surface area contributed by atoms with Crippen molar-refractivity contribution in [2.45, 2.75) is 25.9 Å². The van der Waals surface area contributed by atoms with Crippen molar-refractivity contribution in [2.24, 2.45) is 5.73 Å². The van der Waals surface area contributed by atoms with Crippen LogP contribution in [0.1, 0.15) is 25.5 Å². The van der Waals surface area contributed by atoms with E-state index in [1.165, 1.54) is 6.92 Å². The standard InChI is InChI=1S/C13H20N4O2/c1-8(15-3)10-4-6-11(7-5-10)17-13(19)16-9(2)12(14)18/h4-9,15H,1-3H3,(H2,14,18)(H2,16,17,19). The molecular weight excluding hydrogens is 244 g/mol. The molecule has 0 fully saturated rings. The van der Waals surface area contributed by atoms with Crippen molar-refractivity contribution in [3.05, 3.63) is 29.8 Å². The number of nitrogens with two attached hydrogens (primary N) is 1. The highest BCUT2D eigenvalue weighted by molar-refractivity contribution is 5.93. The highest BCUT2D eigenvalue weighted by Crippen LogP contribution is 2.15. The van der Waals surface area contributed by atoms with Crippen molar-refractivity contribution in [3.8, 4) is 0 Å². The SMILES string of the molecule is CNC(C)c1ccc(NC(=O)NC(C)C(N)=O)cc1. The van der Waals surface area contributed by atoms with E-state index in [4.69, 9.17) is 5.73 Å². The Labute approximate surface area is 112 Å². The molecule has 0 saturated carbocycles. The largest absolute Gasteiger partial charge is 0.368 e. The van der Waals surface area contributed by atoms with Crippen LogP contribution in [0.5, 0.6) is 0 Å². The maximum absolute atomic E-state index is 11.6. The van der Waals surface area contributed by atoms with Crippen LogP contribution in [0.25, 0.3) is 0 Å². The Morgan fingerprint density at radius 1 is 1.16 bits per heavy atom. The zero-order valence-corrected chi connectivity index (χ0v) is 11.4. The Morgan fingerprint density at radius 2 is 1.74 bits per heavy atom. The molecule has 0 aromatic heterocycles. The first kappa shape index (κ1) is 15.0. The predicted octanol–water partition coefficient (Wildman–Crippen LogP) is 0.962. The van der Waals surface area contributed by atoms with Gasteiger partial charge < -0.3 is 21.7 Å². The number of benzene rings is 1. The van der Waals surface area contributed by atoms with Crippen molar-refractivity contribution < 1.29 is 9.59 Å². The van der Waals surface area contributed by atoms with Gasteiger partial charge in [0.2, 0.25) is 5.91 Å². The molecule has 0 aliphatic heterocycles. The van der Waals surface area contributed by atoms with E-state index in [0.717, 1.165) is 5.56 Å². The van der Waals surface area contributed by atoms with Crippen LogP contribution in [0.2, 0.25) is 0 Å². The highest BCUT2D eigenvalue weighted by atomic mass is 16.2. The van der Waals surface area contributed by atoms with Gasteiger partial charge in [-0.2, -0.15) is 0 Å². The summed E-state index contributed by atoms with van der Waals surface area (Å²) in [6.45, 7) is 3.57. The monoisotopic (exact) mass is 264 g/mol. The summed E-state index contributed by atoms with van der Waals surface area (Å²) < 4.78 is 0. The number of carbonyl (C=O) groups is 2. The molecule has 19 heavy (non-hydrogen) atoms. The fourth-order valence-electron chi connectivity index (χ4n) is 1.46. The summed E-state index contributed by atoms with van der Waals surface area (Å²) in [5, 5.41) is 8.20. The van der Waals surface area contributed by atoms with Crippen LogP contribution < -0.4 is 21.7 Å². The number of rotatable bonds is 5. The summed E-state index contributed by atoms with van der Waals surface area (Å²) >= 11 is 0. The van der Waals surface area contributed by atoms with Crippen molar-refractivity contribution in [1.82, 2.24) is 10.6 Å². The third-order valence-corrected chi connectivity index (χ3v) is 2.88. The van der Waals surface area contributed by atoms with Crippen molar-refractivity contribution >= 4 is 17.6 Å². The predicted molar refractivity (Wildman–Crippen MR) is 74.7 cm³/mol. The molecule has 6 nitrogen and oxygen atoms in total. The van der Waals surface area contributed by atoms with Crippen molar-refractivity contribution in [1.29, 1.82) is 0 Å². The summed E-state index contributed by atoms with van der Waals surface area (Å²) in [5.74, 6) is -0.576. The molecule has 0 aliphatic carbocycles. The molecule has 1 rings (SSSR count). The number of hydrogen-bond donors (Lipinski definition) is 4. The number of urea groups is 1. The van der Waals surface area contributed by atoms with Crippen LogP contribution in [0.4, 0.5) is 10.5 Å². The Balaban J connectivity index is 2.58. The van der Waals surface area contributed by atoms with Crippen molar-refractivity contribution in [2.75, 3.05) is 12.4 Å².